The number of fused-ring (bicyclic) bond motifs is 1. The van der Waals surface area contributed by atoms with Crippen LogP contribution >= 0.6 is 0 Å². The summed E-state index contributed by atoms with van der Waals surface area (Å²) >= 11 is 0. The Hall–Kier alpha value is -2.64. The molecule has 3 rings (SSSR count). The van der Waals surface area contributed by atoms with E-state index in [0.29, 0.717) is 6.54 Å². The van der Waals surface area contributed by atoms with Crippen molar-refractivity contribution in [3.05, 3.63) is 36.0 Å². The lowest BCUT2D eigenvalue weighted by molar-refractivity contribution is 0.232. The number of nitrogens with zero attached hydrogens (tertiary/aromatic N) is 5. The van der Waals surface area contributed by atoms with E-state index in [9.17, 15) is 4.79 Å². The van der Waals surface area contributed by atoms with E-state index in [1.54, 1.807) is 0 Å². The summed E-state index contributed by atoms with van der Waals surface area (Å²) in [6.45, 7) is 1.24. The number of hydrogen-bond donors (Lipinski definition) is 2. The van der Waals surface area contributed by atoms with Gasteiger partial charge in [0.25, 0.3) is 0 Å². The summed E-state index contributed by atoms with van der Waals surface area (Å²) in [5.74, 6) is 1.68. The standard InChI is InChI=1S/C15H21N7O/c1-21(2)13-7-3-5-11(19-13)9-16-15(23)20-12-6-4-8-22-14(12)17-10-18-22/h3,5,7,10,12H,4,6,8-9H2,1-2H3,(H2,16,20,23)/t12-/m1/s1. The smallest absolute Gasteiger partial charge is 0.315 e. The summed E-state index contributed by atoms with van der Waals surface area (Å²) in [6, 6.07) is 5.44. The molecule has 0 aromatic carbocycles. The maximum Gasteiger partial charge on any atom is 0.315 e. The molecule has 1 aliphatic rings. The first kappa shape index (κ1) is 15.3. The van der Waals surface area contributed by atoms with Crippen LogP contribution in [0.2, 0.25) is 0 Å². The Morgan fingerprint density at radius 1 is 1.43 bits per heavy atom. The number of aryl methyl sites for hydroxylation is 1. The van der Waals surface area contributed by atoms with Gasteiger partial charge in [0, 0.05) is 20.6 Å². The second-order valence-corrected chi connectivity index (χ2v) is 5.74. The van der Waals surface area contributed by atoms with Crippen LogP contribution in [0.4, 0.5) is 10.6 Å². The van der Waals surface area contributed by atoms with E-state index in [4.69, 9.17) is 0 Å². The summed E-state index contributed by atoms with van der Waals surface area (Å²) < 4.78 is 1.84. The highest BCUT2D eigenvalue weighted by molar-refractivity contribution is 5.74. The van der Waals surface area contributed by atoms with Crippen molar-refractivity contribution in [2.75, 3.05) is 19.0 Å². The van der Waals surface area contributed by atoms with Crippen molar-refractivity contribution < 1.29 is 4.79 Å². The van der Waals surface area contributed by atoms with Crippen molar-refractivity contribution >= 4 is 11.8 Å². The van der Waals surface area contributed by atoms with Gasteiger partial charge in [0.15, 0.2) is 0 Å². The van der Waals surface area contributed by atoms with Crippen LogP contribution in [0.15, 0.2) is 24.5 Å². The zero-order chi connectivity index (χ0) is 16.2. The van der Waals surface area contributed by atoms with Crippen LogP contribution < -0.4 is 15.5 Å². The first-order valence-electron chi connectivity index (χ1n) is 7.69. The Morgan fingerprint density at radius 2 is 2.30 bits per heavy atom. The molecule has 8 nitrogen and oxygen atoms in total. The Bertz CT molecular complexity index is 682. The molecule has 2 N–H and O–H groups in total. The monoisotopic (exact) mass is 315 g/mol. The number of carbonyl (C=O) groups is 1. The van der Waals surface area contributed by atoms with Gasteiger partial charge in [-0.05, 0) is 25.0 Å². The second kappa shape index (κ2) is 6.64. The molecule has 1 aliphatic heterocycles. The number of anilines is 1. The third-order valence-electron chi connectivity index (χ3n) is 3.81. The lowest BCUT2D eigenvalue weighted by Crippen LogP contribution is -2.40. The number of amides is 2. The fourth-order valence-electron chi connectivity index (χ4n) is 2.62. The second-order valence-electron chi connectivity index (χ2n) is 5.74. The molecule has 1 atom stereocenters. The van der Waals surface area contributed by atoms with Gasteiger partial charge in [-0.25, -0.2) is 19.4 Å². The van der Waals surface area contributed by atoms with Gasteiger partial charge in [-0.2, -0.15) is 5.10 Å². The largest absolute Gasteiger partial charge is 0.363 e. The molecule has 3 heterocycles. The van der Waals surface area contributed by atoms with Crippen molar-refractivity contribution in [1.29, 1.82) is 0 Å². The number of hydrogen-bond acceptors (Lipinski definition) is 5. The molecule has 2 aromatic rings. The molecular weight excluding hydrogens is 294 g/mol. The highest BCUT2D eigenvalue weighted by atomic mass is 16.2. The van der Waals surface area contributed by atoms with Crippen molar-refractivity contribution in [3.63, 3.8) is 0 Å². The molecule has 0 saturated heterocycles. The lowest BCUT2D eigenvalue weighted by atomic mass is 10.1. The summed E-state index contributed by atoms with van der Waals surface area (Å²) in [7, 11) is 3.87. The highest BCUT2D eigenvalue weighted by Gasteiger charge is 2.23. The Labute approximate surface area is 134 Å². The van der Waals surface area contributed by atoms with Crippen LogP contribution in [0, 0.1) is 0 Å². The van der Waals surface area contributed by atoms with Gasteiger partial charge in [0.1, 0.15) is 18.0 Å². The summed E-state index contributed by atoms with van der Waals surface area (Å²) in [5, 5.41) is 9.96. The summed E-state index contributed by atoms with van der Waals surface area (Å²) in [6.07, 6.45) is 3.39. The van der Waals surface area contributed by atoms with Gasteiger partial charge in [-0.1, -0.05) is 6.07 Å². The van der Waals surface area contributed by atoms with Gasteiger partial charge in [0.2, 0.25) is 0 Å². The maximum atomic E-state index is 12.1. The Kier molecular flexibility index (Phi) is 4.40. The number of rotatable bonds is 4. The molecular formula is C15H21N7O. The predicted octanol–water partition coefficient (Wildman–Crippen LogP) is 1.07. The maximum absolute atomic E-state index is 12.1. The number of nitrogens with one attached hydrogen (secondary N) is 2. The fourth-order valence-corrected chi connectivity index (χ4v) is 2.62. The molecule has 0 bridgehead atoms. The summed E-state index contributed by atoms with van der Waals surface area (Å²) in [4.78, 5) is 22.8. The van der Waals surface area contributed by atoms with Crippen LogP contribution in [0.1, 0.15) is 30.4 Å². The molecule has 23 heavy (non-hydrogen) atoms. The SMILES string of the molecule is CN(C)c1cccc(CNC(=O)N[C@@H]2CCCn3ncnc32)n1. The number of urea groups is 1. The van der Waals surface area contributed by atoms with Gasteiger partial charge in [-0.15, -0.1) is 0 Å². The topological polar surface area (TPSA) is 88.0 Å². The quantitative estimate of drug-likeness (QED) is 0.881. The molecule has 2 amide bonds. The van der Waals surface area contributed by atoms with E-state index in [2.05, 4.69) is 25.7 Å². The molecule has 122 valence electrons. The van der Waals surface area contributed by atoms with Crippen molar-refractivity contribution in [3.8, 4) is 0 Å². The molecule has 8 heteroatoms. The van der Waals surface area contributed by atoms with E-state index in [1.807, 2.05) is 41.9 Å². The number of aromatic nitrogens is 4. The van der Waals surface area contributed by atoms with Gasteiger partial charge in [-0.3, -0.25) is 0 Å². The van der Waals surface area contributed by atoms with Crippen molar-refractivity contribution in [2.24, 2.45) is 0 Å². The van der Waals surface area contributed by atoms with Crippen LogP contribution in [0.5, 0.6) is 0 Å². The molecule has 0 radical (unpaired) electrons. The Morgan fingerprint density at radius 3 is 3.13 bits per heavy atom. The molecule has 0 aliphatic carbocycles. The lowest BCUT2D eigenvalue weighted by Gasteiger charge is -2.23. The van der Waals surface area contributed by atoms with E-state index in [1.165, 1.54) is 6.33 Å². The minimum Gasteiger partial charge on any atom is -0.363 e. The first-order chi connectivity index (χ1) is 11.1. The van der Waals surface area contributed by atoms with Crippen LogP contribution in [0.3, 0.4) is 0 Å². The molecule has 0 fully saturated rings. The molecule has 0 unspecified atom stereocenters. The zero-order valence-electron chi connectivity index (χ0n) is 13.4. The highest BCUT2D eigenvalue weighted by Crippen LogP contribution is 2.21. The van der Waals surface area contributed by atoms with Crippen LogP contribution in [-0.2, 0) is 13.1 Å². The Balaban J connectivity index is 1.56. The molecule has 0 saturated carbocycles. The average Bonchev–Trinajstić information content (AvgIpc) is 3.03. The summed E-state index contributed by atoms with van der Waals surface area (Å²) in [5.41, 5.74) is 0.818. The van der Waals surface area contributed by atoms with Crippen molar-refractivity contribution in [1.82, 2.24) is 30.4 Å². The third-order valence-corrected chi connectivity index (χ3v) is 3.81. The average molecular weight is 315 g/mol. The predicted molar refractivity (Wildman–Crippen MR) is 85.9 cm³/mol. The molecule has 2 aromatic heterocycles. The van der Waals surface area contributed by atoms with Crippen LogP contribution in [0.25, 0.3) is 0 Å². The minimum atomic E-state index is -0.219. The van der Waals surface area contributed by atoms with E-state index < -0.39 is 0 Å². The number of pyridine rings is 1. The zero-order valence-corrected chi connectivity index (χ0v) is 13.4. The fraction of sp³-hybridized carbons (Fsp3) is 0.467. The molecule has 0 spiro atoms. The van der Waals surface area contributed by atoms with E-state index in [-0.39, 0.29) is 12.1 Å². The van der Waals surface area contributed by atoms with Gasteiger partial charge in [0.05, 0.1) is 18.3 Å². The van der Waals surface area contributed by atoms with E-state index in [0.717, 1.165) is 36.7 Å². The number of carbonyl (C=O) groups excluding carboxylic acids is 1. The first-order valence-corrected chi connectivity index (χ1v) is 7.69. The minimum absolute atomic E-state index is 0.0904. The third kappa shape index (κ3) is 3.58. The van der Waals surface area contributed by atoms with Crippen LogP contribution in [-0.4, -0.2) is 39.9 Å². The van der Waals surface area contributed by atoms with E-state index >= 15 is 0 Å². The van der Waals surface area contributed by atoms with Gasteiger partial charge >= 0.3 is 6.03 Å². The van der Waals surface area contributed by atoms with Gasteiger partial charge < -0.3 is 15.5 Å². The normalized spacial score (nSPS) is 16.5. The van der Waals surface area contributed by atoms with Crippen molar-refractivity contribution in [2.45, 2.75) is 32.0 Å².